The molecule has 188 valence electrons. The van der Waals surface area contributed by atoms with Crippen molar-refractivity contribution >= 4 is 40.0 Å². The fraction of sp³-hybridized carbons (Fsp3) is 0.321. The van der Waals surface area contributed by atoms with Gasteiger partial charge in [-0.15, -0.1) is 0 Å². The van der Waals surface area contributed by atoms with Crippen LogP contribution in [0.1, 0.15) is 54.0 Å². The van der Waals surface area contributed by atoms with Crippen molar-refractivity contribution in [3.05, 3.63) is 92.6 Å². The summed E-state index contributed by atoms with van der Waals surface area (Å²) in [6.07, 6.45) is 3.92. The topological polar surface area (TPSA) is 86.0 Å². The molecule has 0 spiro atoms. The quantitative estimate of drug-likeness (QED) is 0.139. The van der Waals surface area contributed by atoms with Crippen molar-refractivity contribution in [1.29, 1.82) is 0 Å². The Hall–Kier alpha value is -3.01. The van der Waals surface area contributed by atoms with Gasteiger partial charge in [-0.25, -0.2) is 4.39 Å². The van der Waals surface area contributed by atoms with E-state index in [0.717, 1.165) is 52.0 Å². The zero-order valence-corrected chi connectivity index (χ0v) is 22.2. The molecule has 4 rings (SSSR count). The molecule has 0 aliphatic carbocycles. The number of hydrogen-bond acceptors (Lipinski definition) is 5. The largest absolute Gasteiger partial charge is 0.481 e. The number of benzene rings is 2. The first-order valence-corrected chi connectivity index (χ1v) is 13.1. The van der Waals surface area contributed by atoms with Gasteiger partial charge in [-0.2, -0.15) is 0 Å². The molecule has 6 nitrogen and oxygen atoms in total. The third kappa shape index (κ3) is 6.40. The Kier molecular flexibility index (Phi) is 8.56. The van der Waals surface area contributed by atoms with Crippen molar-refractivity contribution < 1.29 is 19.5 Å². The minimum atomic E-state index is -0.737. The summed E-state index contributed by atoms with van der Waals surface area (Å²) in [6, 6.07) is 16.9. The van der Waals surface area contributed by atoms with Crippen LogP contribution in [0.15, 0.2) is 65.9 Å². The maximum Gasteiger partial charge on any atom is 0.303 e. The standard InChI is InChI=1S/C28H29FIN3O3/c1-18-14-21(8-11-31-18)27(32-36)17-25(24-7-4-22(30)16-26(24)29)20-2-5-23(6-3-20)33-12-9-19(10-13-33)15-28(34)35/h2-8,11,14,16,19,25,36H,9-10,12-13,15,17H2,1H3,(H,34,35)/b32-27+/t25-/m0/s1. The number of carboxylic acids is 1. The maximum atomic E-state index is 15.1. The van der Waals surface area contributed by atoms with Gasteiger partial charge in [-0.05, 0) is 95.8 Å². The number of hydrogen-bond donors (Lipinski definition) is 2. The smallest absolute Gasteiger partial charge is 0.303 e. The average Bonchev–Trinajstić information content (AvgIpc) is 2.86. The predicted molar refractivity (Wildman–Crippen MR) is 147 cm³/mol. The van der Waals surface area contributed by atoms with Gasteiger partial charge in [-0.1, -0.05) is 23.4 Å². The number of carboxylic acid groups (broad SMARTS) is 1. The van der Waals surface area contributed by atoms with Crippen molar-refractivity contribution in [2.45, 2.75) is 38.5 Å². The lowest BCUT2D eigenvalue weighted by Gasteiger charge is -2.33. The lowest BCUT2D eigenvalue weighted by Crippen LogP contribution is -2.34. The molecule has 2 N–H and O–H groups in total. The summed E-state index contributed by atoms with van der Waals surface area (Å²) in [6.45, 7) is 3.50. The summed E-state index contributed by atoms with van der Waals surface area (Å²) >= 11 is 2.09. The molecule has 2 heterocycles. The van der Waals surface area contributed by atoms with Gasteiger partial charge in [0.15, 0.2) is 0 Å². The van der Waals surface area contributed by atoms with Crippen LogP contribution in [0.4, 0.5) is 10.1 Å². The summed E-state index contributed by atoms with van der Waals surface area (Å²) in [5.41, 5.74) is 4.56. The molecule has 3 aromatic rings. The van der Waals surface area contributed by atoms with Gasteiger partial charge in [0.05, 0.1) is 5.71 Å². The molecule has 1 atom stereocenters. The molecule has 0 saturated carbocycles. The molecule has 0 amide bonds. The molecule has 1 aliphatic heterocycles. The van der Waals surface area contributed by atoms with Crippen LogP contribution >= 0.6 is 22.6 Å². The molecule has 36 heavy (non-hydrogen) atoms. The molecule has 1 saturated heterocycles. The lowest BCUT2D eigenvalue weighted by molar-refractivity contribution is -0.138. The number of aliphatic carboxylic acids is 1. The van der Waals surface area contributed by atoms with Crippen LogP contribution in [0.25, 0.3) is 0 Å². The molecule has 1 fully saturated rings. The highest BCUT2D eigenvalue weighted by Gasteiger charge is 2.24. The fourth-order valence-corrected chi connectivity index (χ4v) is 5.34. The molecule has 2 aromatic carbocycles. The van der Waals surface area contributed by atoms with Crippen molar-refractivity contribution in [1.82, 2.24) is 4.98 Å². The van der Waals surface area contributed by atoms with E-state index in [1.54, 1.807) is 18.3 Å². The number of aryl methyl sites for hydroxylation is 1. The Morgan fingerprint density at radius 2 is 1.89 bits per heavy atom. The zero-order valence-electron chi connectivity index (χ0n) is 20.1. The summed E-state index contributed by atoms with van der Waals surface area (Å²) < 4.78 is 16.0. The van der Waals surface area contributed by atoms with Gasteiger partial charge >= 0.3 is 5.97 Å². The number of carbonyl (C=O) groups is 1. The summed E-state index contributed by atoms with van der Waals surface area (Å²) in [4.78, 5) is 17.5. The van der Waals surface area contributed by atoms with Crippen molar-refractivity contribution in [2.24, 2.45) is 11.1 Å². The second-order valence-corrected chi connectivity index (χ2v) is 10.5. The van der Waals surface area contributed by atoms with Gasteiger partial charge in [0.25, 0.3) is 0 Å². The van der Waals surface area contributed by atoms with Crippen LogP contribution in [0.3, 0.4) is 0 Å². The molecule has 0 radical (unpaired) electrons. The number of anilines is 1. The van der Waals surface area contributed by atoms with Crippen LogP contribution < -0.4 is 4.90 Å². The highest BCUT2D eigenvalue weighted by molar-refractivity contribution is 14.1. The Morgan fingerprint density at radius 3 is 2.50 bits per heavy atom. The SMILES string of the molecule is Cc1cc(/C(C[C@@H](c2ccc(N3CCC(CC(=O)O)CC3)cc2)c2ccc(I)cc2F)=N/O)ccn1. The van der Waals surface area contributed by atoms with E-state index in [-0.39, 0.29) is 24.1 Å². The summed E-state index contributed by atoms with van der Waals surface area (Å²) in [5, 5.41) is 22.5. The number of piperidine rings is 1. The number of nitrogens with zero attached hydrogens (tertiary/aromatic N) is 3. The average molecular weight is 601 g/mol. The highest BCUT2D eigenvalue weighted by Crippen LogP contribution is 2.34. The first-order valence-electron chi connectivity index (χ1n) is 12.0. The number of pyridine rings is 1. The normalized spacial score (nSPS) is 15.6. The van der Waals surface area contributed by atoms with Gasteiger partial charge in [0.2, 0.25) is 0 Å². The van der Waals surface area contributed by atoms with E-state index in [1.165, 1.54) is 6.07 Å². The van der Waals surface area contributed by atoms with Crippen LogP contribution in [-0.4, -0.2) is 40.1 Å². The third-order valence-corrected chi connectivity index (χ3v) is 7.50. The number of aromatic nitrogens is 1. The summed E-state index contributed by atoms with van der Waals surface area (Å²) in [7, 11) is 0. The second kappa shape index (κ2) is 11.8. The fourth-order valence-electron chi connectivity index (χ4n) is 4.89. The summed E-state index contributed by atoms with van der Waals surface area (Å²) in [5.74, 6) is -1.16. The number of oxime groups is 1. The van der Waals surface area contributed by atoms with Gasteiger partial charge in [-0.3, -0.25) is 9.78 Å². The molecule has 0 unspecified atom stereocenters. The van der Waals surface area contributed by atoms with E-state index in [0.29, 0.717) is 17.7 Å². The van der Waals surface area contributed by atoms with E-state index in [9.17, 15) is 10.0 Å². The van der Waals surface area contributed by atoms with Gasteiger partial charge in [0.1, 0.15) is 5.82 Å². The lowest BCUT2D eigenvalue weighted by atomic mass is 9.85. The highest BCUT2D eigenvalue weighted by atomic mass is 127. The van der Waals surface area contributed by atoms with Crippen molar-refractivity contribution in [3.63, 3.8) is 0 Å². The number of halogens is 2. The van der Waals surface area contributed by atoms with E-state index >= 15 is 4.39 Å². The van der Waals surface area contributed by atoms with Crippen LogP contribution in [-0.2, 0) is 4.79 Å². The zero-order chi connectivity index (χ0) is 25.7. The number of rotatable bonds is 8. The van der Waals surface area contributed by atoms with Crippen LogP contribution in [0, 0.1) is 22.2 Å². The first kappa shape index (κ1) is 26.1. The Bertz CT molecular complexity index is 1240. The van der Waals surface area contributed by atoms with E-state index in [4.69, 9.17) is 5.11 Å². The Morgan fingerprint density at radius 1 is 1.17 bits per heavy atom. The third-order valence-electron chi connectivity index (χ3n) is 6.82. The van der Waals surface area contributed by atoms with Crippen LogP contribution in [0.2, 0.25) is 0 Å². The van der Waals surface area contributed by atoms with Crippen molar-refractivity contribution in [3.8, 4) is 0 Å². The monoisotopic (exact) mass is 601 g/mol. The van der Waals surface area contributed by atoms with E-state index in [1.807, 2.05) is 43.3 Å². The van der Waals surface area contributed by atoms with Crippen molar-refractivity contribution in [2.75, 3.05) is 18.0 Å². The van der Waals surface area contributed by atoms with Gasteiger partial charge in [0, 0.05) is 58.6 Å². The Balaban J connectivity index is 1.60. The predicted octanol–water partition coefficient (Wildman–Crippen LogP) is 6.23. The molecular weight excluding hydrogens is 572 g/mol. The minimum Gasteiger partial charge on any atom is -0.481 e. The van der Waals surface area contributed by atoms with Gasteiger partial charge < -0.3 is 15.2 Å². The first-order chi connectivity index (χ1) is 17.3. The second-order valence-electron chi connectivity index (χ2n) is 9.27. The molecule has 8 heteroatoms. The van der Waals surface area contributed by atoms with Crippen LogP contribution in [0.5, 0.6) is 0 Å². The molecular formula is C28H29FIN3O3. The maximum absolute atomic E-state index is 15.1. The Labute approximate surface area is 224 Å². The minimum absolute atomic E-state index is 0.222. The molecule has 0 bridgehead atoms. The molecule has 1 aliphatic rings. The molecule has 1 aromatic heterocycles. The van der Waals surface area contributed by atoms with E-state index < -0.39 is 5.97 Å². The van der Waals surface area contributed by atoms with E-state index in [2.05, 4.69) is 37.6 Å².